The molecule has 0 radical (unpaired) electrons. The van der Waals surface area contributed by atoms with E-state index in [-0.39, 0.29) is 11.6 Å². The normalized spacial score (nSPS) is 10.4. The average Bonchev–Trinajstić information content (AvgIpc) is 2.71. The molecule has 1 amide bonds. The van der Waals surface area contributed by atoms with E-state index in [1.807, 2.05) is 31.2 Å². The van der Waals surface area contributed by atoms with E-state index in [1.165, 1.54) is 11.9 Å². The van der Waals surface area contributed by atoms with Crippen LogP contribution in [-0.2, 0) is 6.42 Å². The third kappa shape index (κ3) is 5.20. The molecule has 3 rings (SSSR count). The number of carbonyl (C=O) groups excluding carboxylic acids is 1. The molecule has 0 fully saturated rings. The first kappa shape index (κ1) is 19.6. The number of rotatable bonds is 7. The largest absolute Gasteiger partial charge is 0.497 e. The monoisotopic (exact) mass is 396 g/mol. The number of benzene rings is 2. The summed E-state index contributed by atoms with van der Waals surface area (Å²) in [4.78, 5) is 20.7. The van der Waals surface area contributed by atoms with Crippen molar-refractivity contribution in [2.24, 2.45) is 0 Å². The number of nitrogens with one attached hydrogen (secondary N) is 2. The van der Waals surface area contributed by atoms with Crippen LogP contribution in [-0.4, -0.2) is 29.5 Å². The molecule has 144 valence electrons. The molecule has 0 aliphatic heterocycles. The number of hydrogen-bond donors (Lipinski definition) is 2. The maximum Gasteiger partial charge on any atom is 0.274 e. The van der Waals surface area contributed by atoms with Gasteiger partial charge in [-0.2, -0.15) is 0 Å². The van der Waals surface area contributed by atoms with Gasteiger partial charge in [-0.15, -0.1) is 0 Å². The molecule has 0 spiro atoms. The van der Waals surface area contributed by atoms with E-state index in [0.29, 0.717) is 23.1 Å². The number of carbonyl (C=O) groups is 1. The minimum Gasteiger partial charge on any atom is -0.497 e. The molecule has 3 aromatic rings. The van der Waals surface area contributed by atoms with Crippen molar-refractivity contribution in [3.8, 4) is 5.75 Å². The van der Waals surface area contributed by atoms with Crippen LogP contribution in [0.4, 0.5) is 11.5 Å². The predicted octanol–water partition coefficient (Wildman–Crippen LogP) is 4.35. The minimum atomic E-state index is -0.300. The van der Waals surface area contributed by atoms with Crippen molar-refractivity contribution in [1.29, 1.82) is 0 Å². The Hall–Kier alpha value is -3.12. The Kier molecular flexibility index (Phi) is 6.45. The molecule has 0 saturated carbocycles. The van der Waals surface area contributed by atoms with Crippen LogP contribution in [0.3, 0.4) is 0 Å². The smallest absolute Gasteiger partial charge is 0.274 e. The van der Waals surface area contributed by atoms with Crippen molar-refractivity contribution in [2.45, 2.75) is 13.3 Å². The standard InChI is InChI=1S/C21H21ClN4O2/c1-14-11-16(22)5-8-18(14)26-21(27)19-12-20(25-13-24-19)23-10-9-15-3-6-17(28-2)7-4-15/h3-8,11-13H,9-10H2,1-2H3,(H,26,27)(H,23,24,25). The Morgan fingerprint density at radius 1 is 1.11 bits per heavy atom. The van der Waals surface area contributed by atoms with Gasteiger partial charge in [0.2, 0.25) is 0 Å². The Morgan fingerprint density at radius 2 is 1.89 bits per heavy atom. The lowest BCUT2D eigenvalue weighted by Gasteiger charge is -2.10. The van der Waals surface area contributed by atoms with Gasteiger partial charge in [0.15, 0.2) is 0 Å². The number of nitrogens with zero attached hydrogens (tertiary/aromatic N) is 2. The van der Waals surface area contributed by atoms with Crippen LogP contribution >= 0.6 is 11.6 Å². The average molecular weight is 397 g/mol. The molecule has 0 aliphatic carbocycles. The zero-order chi connectivity index (χ0) is 19.9. The summed E-state index contributed by atoms with van der Waals surface area (Å²) in [6, 6.07) is 14.8. The lowest BCUT2D eigenvalue weighted by molar-refractivity contribution is 0.102. The summed E-state index contributed by atoms with van der Waals surface area (Å²) in [6.45, 7) is 2.56. The minimum absolute atomic E-state index is 0.288. The summed E-state index contributed by atoms with van der Waals surface area (Å²) >= 11 is 5.95. The fourth-order valence-corrected chi connectivity index (χ4v) is 2.89. The fraction of sp³-hybridized carbons (Fsp3) is 0.190. The number of methoxy groups -OCH3 is 1. The molecule has 2 N–H and O–H groups in total. The van der Waals surface area contributed by atoms with E-state index in [1.54, 1.807) is 31.4 Å². The molecular formula is C21H21ClN4O2. The number of anilines is 2. The molecule has 7 heteroatoms. The predicted molar refractivity (Wildman–Crippen MR) is 111 cm³/mol. The number of amides is 1. The molecule has 1 aromatic heterocycles. The topological polar surface area (TPSA) is 76.1 Å². The molecule has 1 heterocycles. The first-order valence-electron chi connectivity index (χ1n) is 8.81. The van der Waals surface area contributed by atoms with Gasteiger partial charge in [0.05, 0.1) is 7.11 Å². The maximum absolute atomic E-state index is 12.5. The Morgan fingerprint density at radius 3 is 2.61 bits per heavy atom. The van der Waals surface area contributed by atoms with Crippen molar-refractivity contribution >= 4 is 29.0 Å². The first-order chi connectivity index (χ1) is 13.5. The second kappa shape index (κ2) is 9.19. The van der Waals surface area contributed by atoms with Gasteiger partial charge in [-0.05, 0) is 54.8 Å². The van der Waals surface area contributed by atoms with Crippen LogP contribution < -0.4 is 15.4 Å². The van der Waals surface area contributed by atoms with E-state index < -0.39 is 0 Å². The van der Waals surface area contributed by atoms with Crippen LogP contribution in [0.5, 0.6) is 5.75 Å². The van der Waals surface area contributed by atoms with Crippen molar-refractivity contribution < 1.29 is 9.53 Å². The summed E-state index contributed by atoms with van der Waals surface area (Å²) < 4.78 is 5.16. The van der Waals surface area contributed by atoms with Gasteiger partial charge in [-0.1, -0.05) is 23.7 Å². The molecule has 6 nitrogen and oxygen atoms in total. The lowest BCUT2D eigenvalue weighted by Crippen LogP contribution is -2.15. The summed E-state index contributed by atoms with van der Waals surface area (Å²) in [6.07, 6.45) is 2.19. The number of aromatic nitrogens is 2. The molecule has 28 heavy (non-hydrogen) atoms. The van der Waals surface area contributed by atoms with Gasteiger partial charge >= 0.3 is 0 Å². The lowest BCUT2D eigenvalue weighted by atomic mass is 10.1. The highest BCUT2D eigenvalue weighted by Gasteiger charge is 2.11. The van der Waals surface area contributed by atoms with Gasteiger partial charge in [-0.3, -0.25) is 4.79 Å². The maximum atomic E-state index is 12.5. The molecule has 0 bridgehead atoms. The SMILES string of the molecule is COc1ccc(CCNc2cc(C(=O)Nc3ccc(Cl)cc3C)ncn2)cc1. The molecule has 0 saturated heterocycles. The highest BCUT2D eigenvalue weighted by atomic mass is 35.5. The second-order valence-electron chi connectivity index (χ2n) is 6.23. The quantitative estimate of drug-likeness (QED) is 0.620. The van der Waals surface area contributed by atoms with Crippen LogP contribution in [0.1, 0.15) is 21.6 Å². The van der Waals surface area contributed by atoms with Crippen molar-refractivity contribution in [3.05, 3.63) is 76.7 Å². The first-order valence-corrected chi connectivity index (χ1v) is 9.19. The number of halogens is 1. The molecule has 0 aliphatic rings. The second-order valence-corrected chi connectivity index (χ2v) is 6.66. The van der Waals surface area contributed by atoms with Crippen molar-refractivity contribution in [1.82, 2.24) is 9.97 Å². The molecule has 0 unspecified atom stereocenters. The zero-order valence-electron chi connectivity index (χ0n) is 15.7. The van der Waals surface area contributed by atoms with E-state index in [4.69, 9.17) is 16.3 Å². The summed E-state index contributed by atoms with van der Waals surface area (Å²) in [5.41, 5.74) is 3.05. The Bertz CT molecular complexity index is 961. The van der Waals surface area contributed by atoms with Crippen molar-refractivity contribution in [2.75, 3.05) is 24.3 Å². The third-order valence-electron chi connectivity index (χ3n) is 4.22. The number of hydrogen-bond acceptors (Lipinski definition) is 5. The molecule has 0 atom stereocenters. The molecule has 2 aromatic carbocycles. The summed E-state index contributed by atoms with van der Waals surface area (Å²) in [7, 11) is 1.65. The van der Waals surface area contributed by atoms with Gasteiger partial charge in [-0.25, -0.2) is 9.97 Å². The highest BCUT2D eigenvalue weighted by molar-refractivity contribution is 6.30. The van der Waals surface area contributed by atoms with Gasteiger partial charge < -0.3 is 15.4 Å². The van der Waals surface area contributed by atoms with E-state index >= 15 is 0 Å². The van der Waals surface area contributed by atoms with E-state index in [9.17, 15) is 4.79 Å². The van der Waals surface area contributed by atoms with Crippen LogP contribution in [0.2, 0.25) is 5.02 Å². The van der Waals surface area contributed by atoms with Gasteiger partial charge in [0.1, 0.15) is 23.6 Å². The van der Waals surface area contributed by atoms with E-state index in [0.717, 1.165) is 17.7 Å². The summed E-state index contributed by atoms with van der Waals surface area (Å²) in [5, 5.41) is 6.69. The van der Waals surface area contributed by atoms with Crippen molar-refractivity contribution in [3.63, 3.8) is 0 Å². The summed E-state index contributed by atoms with van der Waals surface area (Å²) in [5.74, 6) is 1.13. The van der Waals surface area contributed by atoms with Gasteiger partial charge in [0, 0.05) is 23.3 Å². The van der Waals surface area contributed by atoms with Crippen LogP contribution in [0.15, 0.2) is 54.9 Å². The Labute approximate surface area is 168 Å². The van der Waals surface area contributed by atoms with E-state index in [2.05, 4.69) is 20.6 Å². The fourth-order valence-electron chi connectivity index (χ4n) is 2.66. The van der Waals surface area contributed by atoms with Gasteiger partial charge in [0.25, 0.3) is 5.91 Å². The highest BCUT2D eigenvalue weighted by Crippen LogP contribution is 2.20. The number of ether oxygens (including phenoxy) is 1. The Balaban J connectivity index is 1.58. The number of aryl methyl sites for hydroxylation is 1. The van der Waals surface area contributed by atoms with Crippen LogP contribution in [0.25, 0.3) is 0 Å². The molecular weight excluding hydrogens is 376 g/mol. The zero-order valence-corrected chi connectivity index (χ0v) is 16.5. The van der Waals surface area contributed by atoms with Crippen LogP contribution in [0, 0.1) is 6.92 Å². The third-order valence-corrected chi connectivity index (χ3v) is 4.45.